The third-order valence-electron chi connectivity index (χ3n) is 3.99. The van der Waals surface area contributed by atoms with Crippen LogP contribution in [0.2, 0.25) is 15.1 Å². The van der Waals surface area contributed by atoms with Gasteiger partial charge in [-0.2, -0.15) is 9.78 Å². The SMILES string of the molecule is CN(C)C=O.Cc1nnc(SCC(=O)NCc2ccc(Cl)cc2Cl)n1N=Cc1ccc(Cl)cc1. The summed E-state index contributed by atoms with van der Waals surface area (Å²) in [6, 6.07) is 12.4. The van der Waals surface area contributed by atoms with Crippen molar-refractivity contribution in [1.29, 1.82) is 0 Å². The number of amides is 2. The third kappa shape index (κ3) is 9.34. The van der Waals surface area contributed by atoms with Crippen LogP contribution in [-0.4, -0.2) is 58.2 Å². The number of hydrogen-bond donors (Lipinski definition) is 1. The number of hydrogen-bond acceptors (Lipinski definition) is 6. The molecule has 0 aliphatic carbocycles. The molecule has 3 rings (SSSR count). The van der Waals surface area contributed by atoms with Crippen molar-refractivity contribution in [2.45, 2.75) is 18.6 Å². The molecule has 0 spiro atoms. The molecule has 0 bridgehead atoms. The molecular weight excluding hydrogens is 519 g/mol. The van der Waals surface area contributed by atoms with Crippen molar-refractivity contribution in [3.63, 3.8) is 0 Å². The van der Waals surface area contributed by atoms with E-state index in [1.165, 1.54) is 16.7 Å². The standard InChI is InChI=1S/C19H16Cl3N5OS.C3H7NO/c1-12-25-26-19(27(12)24-9-13-2-5-15(20)6-3-13)29-11-18(28)23-10-14-4-7-16(21)8-17(14)22;1-4(2)3-5/h2-9H,10-11H2,1H3,(H,23,28);3H,1-2H3. The highest BCUT2D eigenvalue weighted by Crippen LogP contribution is 2.21. The highest BCUT2D eigenvalue weighted by atomic mass is 35.5. The Hall–Kier alpha value is -2.59. The number of aromatic nitrogens is 3. The van der Waals surface area contributed by atoms with Gasteiger partial charge in [-0.1, -0.05) is 64.8 Å². The van der Waals surface area contributed by atoms with Gasteiger partial charge in [-0.05, 0) is 42.3 Å². The molecule has 3 aromatic rings. The summed E-state index contributed by atoms with van der Waals surface area (Å²) < 4.78 is 1.59. The quantitative estimate of drug-likeness (QED) is 0.257. The van der Waals surface area contributed by atoms with Crippen LogP contribution in [0.25, 0.3) is 0 Å². The first-order valence-corrected chi connectivity index (χ1v) is 12.0. The van der Waals surface area contributed by atoms with Gasteiger partial charge >= 0.3 is 0 Å². The lowest BCUT2D eigenvalue weighted by molar-refractivity contribution is -0.118. The molecule has 0 fully saturated rings. The molecule has 0 aliphatic heterocycles. The van der Waals surface area contributed by atoms with Gasteiger partial charge in [0.05, 0.1) is 12.0 Å². The minimum atomic E-state index is -0.157. The summed E-state index contributed by atoms with van der Waals surface area (Å²) in [5.41, 5.74) is 1.68. The van der Waals surface area contributed by atoms with E-state index in [9.17, 15) is 9.59 Å². The predicted molar refractivity (Wildman–Crippen MR) is 138 cm³/mol. The first-order chi connectivity index (χ1) is 16.2. The number of aryl methyl sites for hydroxylation is 1. The molecule has 2 aromatic carbocycles. The number of benzene rings is 2. The van der Waals surface area contributed by atoms with Crippen LogP contribution < -0.4 is 5.32 Å². The molecule has 0 saturated heterocycles. The van der Waals surface area contributed by atoms with E-state index in [-0.39, 0.29) is 11.7 Å². The maximum Gasteiger partial charge on any atom is 0.230 e. The molecule has 0 saturated carbocycles. The van der Waals surface area contributed by atoms with Crippen LogP contribution in [0.3, 0.4) is 0 Å². The van der Waals surface area contributed by atoms with Crippen LogP contribution in [0.4, 0.5) is 0 Å². The van der Waals surface area contributed by atoms with E-state index in [4.69, 9.17) is 34.8 Å². The highest BCUT2D eigenvalue weighted by Gasteiger charge is 2.12. The number of halogens is 3. The number of carbonyl (C=O) groups excluding carboxylic acids is 2. The molecule has 1 heterocycles. The molecule has 0 atom stereocenters. The van der Waals surface area contributed by atoms with Crippen molar-refractivity contribution < 1.29 is 9.59 Å². The van der Waals surface area contributed by atoms with Gasteiger partial charge in [0.1, 0.15) is 0 Å². The van der Waals surface area contributed by atoms with E-state index in [0.29, 0.717) is 32.6 Å². The van der Waals surface area contributed by atoms with Gasteiger partial charge in [-0.3, -0.25) is 9.59 Å². The van der Waals surface area contributed by atoms with Crippen LogP contribution >= 0.6 is 46.6 Å². The second-order valence-electron chi connectivity index (χ2n) is 7.01. The van der Waals surface area contributed by atoms with Gasteiger partial charge in [0.2, 0.25) is 17.5 Å². The number of nitrogens with zero attached hydrogens (tertiary/aromatic N) is 5. The third-order valence-corrected chi connectivity index (χ3v) is 5.75. The number of rotatable bonds is 8. The molecule has 2 amide bonds. The van der Waals surface area contributed by atoms with E-state index < -0.39 is 0 Å². The first kappa shape index (κ1) is 27.7. The van der Waals surface area contributed by atoms with Crippen LogP contribution in [0.15, 0.2) is 52.7 Å². The smallest absolute Gasteiger partial charge is 0.230 e. The molecule has 1 N–H and O–H groups in total. The summed E-state index contributed by atoms with van der Waals surface area (Å²) in [5, 5.41) is 17.6. The van der Waals surface area contributed by atoms with Gasteiger partial charge in [0.15, 0.2) is 5.82 Å². The zero-order valence-electron chi connectivity index (χ0n) is 18.7. The van der Waals surface area contributed by atoms with Gasteiger partial charge in [0, 0.05) is 35.7 Å². The second-order valence-corrected chi connectivity index (χ2v) is 9.23. The Morgan fingerprint density at radius 3 is 2.38 bits per heavy atom. The lowest BCUT2D eigenvalue weighted by atomic mass is 10.2. The molecule has 0 unspecified atom stereocenters. The van der Waals surface area contributed by atoms with Crippen LogP contribution in [0.1, 0.15) is 17.0 Å². The Bertz CT molecular complexity index is 1140. The van der Waals surface area contributed by atoms with Gasteiger partial charge < -0.3 is 10.2 Å². The maximum absolute atomic E-state index is 12.2. The molecule has 8 nitrogen and oxygen atoms in total. The minimum absolute atomic E-state index is 0.157. The van der Waals surface area contributed by atoms with Crippen LogP contribution in [-0.2, 0) is 16.1 Å². The molecule has 1 aromatic heterocycles. The van der Waals surface area contributed by atoms with Crippen LogP contribution in [0, 0.1) is 6.92 Å². The number of carbonyl (C=O) groups is 2. The van der Waals surface area contributed by atoms with Gasteiger partial charge in [0.25, 0.3) is 0 Å². The molecular formula is C22H23Cl3N6O2S. The lowest BCUT2D eigenvalue weighted by Crippen LogP contribution is -2.24. The summed E-state index contributed by atoms with van der Waals surface area (Å²) in [5.74, 6) is 0.626. The maximum atomic E-state index is 12.2. The zero-order valence-corrected chi connectivity index (χ0v) is 21.8. The zero-order chi connectivity index (χ0) is 25.1. The number of thioether (sulfide) groups is 1. The molecule has 180 valence electrons. The van der Waals surface area contributed by atoms with Crippen molar-refractivity contribution >= 4 is 65.1 Å². The average Bonchev–Trinajstić information content (AvgIpc) is 3.16. The Labute approximate surface area is 217 Å². The first-order valence-electron chi connectivity index (χ1n) is 9.86. The molecule has 0 aliphatic rings. The largest absolute Gasteiger partial charge is 0.351 e. The summed E-state index contributed by atoms with van der Waals surface area (Å²) in [6.45, 7) is 2.11. The second kappa shape index (κ2) is 14.0. The lowest BCUT2D eigenvalue weighted by Gasteiger charge is -2.07. The van der Waals surface area contributed by atoms with Crippen molar-refractivity contribution in [3.8, 4) is 0 Å². The van der Waals surface area contributed by atoms with E-state index in [2.05, 4.69) is 20.6 Å². The average molecular weight is 542 g/mol. The Balaban J connectivity index is 0.000000739. The predicted octanol–water partition coefficient (Wildman–Crippen LogP) is 4.54. The monoisotopic (exact) mass is 540 g/mol. The summed E-state index contributed by atoms with van der Waals surface area (Å²) in [4.78, 5) is 23.1. The molecule has 0 radical (unpaired) electrons. The number of nitrogens with one attached hydrogen (secondary N) is 1. The van der Waals surface area contributed by atoms with E-state index in [1.54, 1.807) is 62.2 Å². The van der Waals surface area contributed by atoms with E-state index in [0.717, 1.165) is 17.5 Å². The topological polar surface area (TPSA) is 92.5 Å². The van der Waals surface area contributed by atoms with Gasteiger partial charge in [-0.25, -0.2) is 0 Å². The normalized spacial score (nSPS) is 10.5. The fourth-order valence-electron chi connectivity index (χ4n) is 2.27. The van der Waals surface area contributed by atoms with Crippen molar-refractivity contribution in [2.75, 3.05) is 19.8 Å². The van der Waals surface area contributed by atoms with Crippen molar-refractivity contribution in [3.05, 3.63) is 74.5 Å². The van der Waals surface area contributed by atoms with Crippen molar-refractivity contribution in [1.82, 2.24) is 25.1 Å². The fourth-order valence-corrected chi connectivity index (χ4v) is 3.64. The fraction of sp³-hybridized carbons (Fsp3) is 0.227. The Morgan fingerprint density at radius 1 is 1.12 bits per heavy atom. The summed E-state index contributed by atoms with van der Waals surface area (Å²) in [6.07, 6.45) is 2.43. The Morgan fingerprint density at radius 2 is 1.76 bits per heavy atom. The summed E-state index contributed by atoms with van der Waals surface area (Å²) >= 11 is 19.1. The Kier molecular flexibility index (Phi) is 11.4. The molecule has 12 heteroatoms. The van der Waals surface area contributed by atoms with Crippen LogP contribution in [0.5, 0.6) is 0 Å². The van der Waals surface area contributed by atoms with Crippen molar-refractivity contribution in [2.24, 2.45) is 5.10 Å². The van der Waals surface area contributed by atoms with Gasteiger partial charge in [-0.15, -0.1) is 10.2 Å². The van der Waals surface area contributed by atoms with E-state index >= 15 is 0 Å². The van der Waals surface area contributed by atoms with E-state index in [1.807, 2.05) is 12.1 Å². The highest BCUT2D eigenvalue weighted by molar-refractivity contribution is 7.99. The minimum Gasteiger partial charge on any atom is -0.351 e. The summed E-state index contributed by atoms with van der Waals surface area (Å²) in [7, 11) is 3.38. The molecule has 34 heavy (non-hydrogen) atoms.